The first-order chi connectivity index (χ1) is 13.1. The lowest BCUT2D eigenvalue weighted by atomic mass is 10.0. The van der Waals surface area contributed by atoms with E-state index in [9.17, 15) is 18.0 Å². The number of benzene rings is 2. The molecule has 2 aromatic carbocycles. The summed E-state index contributed by atoms with van der Waals surface area (Å²) < 4.78 is 38.1. The number of alkyl halides is 3. The van der Waals surface area contributed by atoms with Crippen LogP contribution in [0.15, 0.2) is 48.5 Å². The van der Waals surface area contributed by atoms with Crippen LogP contribution >= 0.6 is 0 Å². The van der Waals surface area contributed by atoms with E-state index in [2.05, 4.69) is 23.6 Å². The van der Waals surface area contributed by atoms with E-state index in [0.717, 1.165) is 36.5 Å². The molecule has 1 fully saturated rings. The maximum atomic E-state index is 12.7. The zero-order chi connectivity index (χ0) is 20.5. The van der Waals surface area contributed by atoms with Crippen LogP contribution in [0.5, 0.6) is 0 Å². The van der Waals surface area contributed by atoms with Gasteiger partial charge in [-0.25, -0.2) is 4.79 Å². The van der Waals surface area contributed by atoms with Gasteiger partial charge in [0.25, 0.3) is 0 Å². The molecule has 3 rings (SSSR count). The number of carbonyl (C=O) groups is 1. The Morgan fingerprint density at radius 1 is 1.00 bits per heavy atom. The second-order valence-electron chi connectivity index (χ2n) is 7.35. The van der Waals surface area contributed by atoms with Crippen molar-refractivity contribution in [1.29, 1.82) is 0 Å². The summed E-state index contributed by atoms with van der Waals surface area (Å²) in [5.41, 5.74) is 1.45. The van der Waals surface area contributed by atoms with E-state index < -0.39 is 17.7 Å². The third-order valence-electron chi connectivity index (χ3n) is 5.09. The van der Waals surface area contributed by atoms with Crippen molar-refractivity contribution in [3.8, 4) is 0 Å². The maximum Gasteiger partial charge on any atom is 0.416 e. The molecule has 0 aromatic heterocycles. The highest BCUT2D eigenvalue weighted by Gasteiger charge is 2.31. The highest BCUT2D eigenvalue weighted by Crippen LogP contribution is 2.30. The Balaban J connectivity index is 1.66. The van der Waals surface area contributed by atoms with Crippen LogP contribution in [-0.2, 0) is 12.7 Å². The summed E-state index contributed by atoms with van der Waals surface area (Å²) in [5.74, 6) is -0.950. The fourth-order valence-electron chi connectivity index (χ4n) is 3.90. The Kier molecular flexibility index (Phi) is 5.65. The van der Waals surface area contributed by atoms with E-state index in [1.54, 1.807) is 12.1 Å². The van der Waals surface area contributed by atoms with Gasteiger partial charge in [-0.05, 0) is 55.8 Å². The van der Waals surface area contributed by atoms with Crippen LogP contribution in [0.2, 0.25) is 0 Å². The van der Waals surface area contributed by atoms with Gasteiger partial charge in [-0.2, -0.15) is 13.2 Å². The summed E-state index contributed by atoms with van der Waals surface area (Å²) in [5, 5.41) is 9.04. The molecular formula is C21H23F3N2O2. The number of nitrogens with zero attached hydrogens (tertiary/aromatic N) is 2. The molecule has 150 valence electrons. The Labute approximate surface area is 162 Å². The molecule has 4 nitrogen and oxygen atoms in total. The highest BCUT2D eigenvalue weighted by atomic mass is 19.4. The Hall–Kier alpha value is -2.54. The number of hydrogen-bond donors (Lipinski definition) is 1. The van der Waals surface area contributed by atoms with Crippen molar-refractivity contribution in [3.05, 3.63) is 65.2 Å². The van der Waals surface area contributed by atoms with E-state index in [4.69, 9.17) is 5.11 Å². The minimum Gasteiger partial charge on any atom is -0.478 e. The fraction of sp³-hybridized carbons (Fsp3) is 0.381. The largest absolute Gasteiger partial charge is 0.478 e. The minimum absolute atomic E-state index is 0.189. The summed E-state index contributed by atoms with van der Waals surface area (Å²) in [6.07, 6.45) is -4.32. The first-order valence-electron chi connectivity index (χ1n) is 9.15. The molecule has 0 spiro atoms. The maximum absolute atomic E-state index is 12.7. The second-order valence-corrected chi connectivity index (χ2v) is 7.35. The normalized spacial score (nSPS) is 21.0. The van der Waals surface area contributed by atoms with E-state index in [-0.39, 0.29) is 17.6 Å². The number of carboxylic acids is 1. The molecule has 28 heavy (non-hydrogen) atoms. The van der Waals surface area contributed by atoms with Crippen molar-refractivity contribution in [2.45, 2.75) is 38.7 Å². The molecule has 2 unspecified atom stereocenters. The first kappa shape index (κ1) is 20.2. The van der Waals surface area contributed by atoms with Crippen LogP contribution in [0.4, 0.5) is 18.9 Å². The van der Waals surface area contributed by atoms with E-state index >= 15 is 0 Å². The van der Waals surface area contributed by atoms with Crippen LogP contribution in [0.3, 0.4) is 0 Å². The van der Waals surface area contributed by atoms with Crippen molar-refractivity contribution >= 4 is 11.7 Å². The van der Waals surface area contributed by atoms with Gasteiger partial charge < -0.3 is 10.0 Å². The molecule has 0 bridgehead atoms. The van der Waals surface area contributed by atoms with Gasteiger partial charge in [0.1, 0.15) is 0 Å². The number of aromatic carboxylic acids is 1. The van der Waals surface area contributed by atoms with Crippen LogP contribution in [-0.4, -0.2) is 41.1 Å². The lowest BCUT2D eigenvalue weighted by molar-refractivity contribution is -0.137. The van der Waals surface area contributed by atoms with Gasteiger partial charge in [0.15, 0.2) is 0 Å². The number of anilines is 1. The zero-order valence-corrected chi connectivity index (χ0v) is 15.8. The van der Waals surface area contributed by atoms with Gasteiger partial charge in [-0.15, -0.1) is 0 Å². The second kappa shape index (κ2) is 7.83. The molecule has 0 amide bonds. The fourth-order valence-corrected chi connectivity index (χ4v) is 3.90. The zero-order valence-electron chi connectivity index (χ0n) is 15.8. The molecule has 1 aliphatic heterocycles. The van der Waals surface area contributed by atoms with Crippen LogP contribution in [0.1, 0.15) is 35.3 Å². The van der Waals surface area contributed by atoms with Crippen molar-refractivity contribution in [3.63, 3.8) is 0 Å². The SMILES string of the molecule is CC1CN(Cc2ccc(C(F)(F)F)cc2)CC(C)N1c1ccc(C(=O)O)cc1. The average molecular weight is 392 g/mol. The number of carboxylic acid groups (broad SMARTS) is 1. The standard InChI is InChI=1S/C21H23F3N2O2/c1-14-11-25(13-16-3-7-18(8-4-16)21(22,23)24)12-15(2)26(14)19-9-5-17(6-10-19)20(27)28/h3-10,14-15H,11-13H2,1-2H3,(H,27,28). The molecule has 0 radical (unpaired) electrons. The topological polar surface area (TPSA) is 43.8 Å². The smallest absolute Gasteiger partial charge is 0.416 e. The Bertz CT molecular complexity index is 807. The molecule has 1 aliphatic rings. The number of rotatable bonds is 4. The quantitative estimate of drug-likeness (QED) is 0.832. The molecule has 7 heteroatoms. The van der Waals surface area contributed by atoms with Crippen LogP contribution in [0.25, 0.3) is 0 Å². The number of halogens is 3. The first-order valence-corrected chi connectivity index (χ1v) is 9.15. The summed E-state index contributed by atoms with van der Waals surface area (Å²) >= 11 is 0. The lowest BCUT2D eigenvalue weighted by Crippen LogP contribution is -2.56. The molecule has 0 aliphatic carbocycles. The number of hydrogen-bond acceptors (Lipinski definition) is 3. The van der Waals surface area contributed by atoms with Gasteiger partial charge in [-0.3, -0.25) is 4.90 Å². The molecular weight excluding hydrogens is 369 g/mol. The summed E-state index contributed by atoms with van der Waals surface area (Å²) in [6.45, 7) is 6.33. The van der Waals surface area contributed by atoms with E-state index in [0.29, 0.717) is 6.54 Å². The van der Waals surface area contributed by atoms with Gasteiger partial charge in [0.05, 0.1) is 11.1 Å². The minimum atomic E-state index is -4.32. The average Bonchev–Trinajstić information content (AvgIpc) is 2.61. The third-order valence-corrected chi connectivity index (χ3v) is 5.09. The molecule has 0 saturated carbocycles. The molecule has 1 N–H and O–H groups in total. The summed E-state index contributed by atoms with van der Waals surface area (Å²) in [4.78, 5) is 15.5. The Morgan fingerprint density at radius 3 is 2.00 bits per heavy atom. The van der Waals surface area contributed by atoms with Gasteiger partial charge in [0.2, 0.25) is 0 Å². The van der Waals surface area contributed by atoms with Gasteiger partial charge >= 0.3 is 12.1 Å². The van der Waals surface area contributed by atoms with Crippen molar-refractivity contribution < 1.29 is 23.1 Å². The molecule has 2 aromatic rings. The summed E-state index contributed by atoms with van der Waals surface area (Å²) in [6, 6.07) is 12.6. The van der Waals surface area contributed by atoms with Gasteiger partial charge in [0, 0.05) is 37.4 Å². The predicted octanol–water partition coefficient (Wildman–Crippen LogP) is 4.50. The monoisotopic (exact) mass is 392 g/mol. The summed E-state index contributed by atoms with van der Waals surface area (Å²) in [7, 11) is 0. The van der Waals surface area contributed by atoms with E-state index in [1.807, 2.05) is 12.1 Å². The lowest BCUT2D eigenvalue weighted by Gasteiger charge is -2.46. The predicted molar refractivity (Wildman–Crippen MR) is 102 cm³/mol. The third kappa shape index (κ3) is 4.47. The molecule has 1 saturated heterocycles. The highest BCUT2D eigenvalue weighted by molar-refractivity contribution is 5.88. The van der Waals surface area contributed by atoms with E-state index in [1.165, 1.54) is 12.1 Å². The van der Waals surface area contributed by atoms with Crippen LogP contribution in [0, 0.1) is 0 Å². The van der Waals surface area contributed by atoms with Crippen LogP contribution < -0.4 is 4.90 Å². The number of piperazine rings is 1. The van der Waals surface area contributed by atoms with Crippen molar-refractivity contribution in [1.82, 2.24) is 4.90 Å². The molecule has 2 atom stereocenters. The van der Waals surface area contributed by atoms with Crippen molar-refractivity contribution in [2.75, 3.05) is 18.0 Å². The van der Waals surface area contributed by atoms with Crippen molar-refractivity contribution in [2.24, 2.45) is 0 Å². The molecule has 1 heterocycles. The Morgan fingerprint density at radius 2 is 1.54 bits per heavy atom. The van der Waals surface area contributed by atoms with Gasteiger partial charge in [-0.1, -0.05) is 12.1 Å².